The molecule has 0 fully saturated rings. The van der Waals surface area contributed by atoms with Crippen molar-refractivity contribution in [2.24, 2.45) is 11.8 Å². The van der Waals surface area contributed by atoms with Crippen molar-refractivity contribution < 1.29 is 9.59 Å². The van der Waals surface area contributed by atoms with Crippen molar-refractivity contribution >= 4 is 12.2 Å². The minimum atomic E-state index is 0.750. The van der Waals surface area contributed by atoms with Gasteiger partial charge in [0.25, 0.3) is 0 Å². The lowest BCUT2D eigenvalue weighted by Crippen LogP contribution is -2.09. The van der Waals surface area contributed by atoms with Crippen LogP contribution in [0.1, 0.15) is 85.5 Å². The largest absolute Gasteiger partial charge is 0.231 e. The van der Waals surface area contributed by atoms with Crippen LogP contribution in [0, 0.1) is 22.7 Å². The summed E-state index contributed by atoms with van der Waals surface area (Å²) in [6.07, 6.45) is 14.3. The zero-order valence-corrected chi connectivity index (χ0v) is 14.3. The molecule has 0 atom stereocenters. The molecule has 4 heteroatoms. The van der Waals surface area contributed by atoms with E-state index >= 15 is 0 Å². The molecule has 0 aromatic carbocycles. The first kappa shape index (κ1) is 24.8. The number of rotatable bonds is 10. The second kappa shape index (κ2) is 23.8. The van der Waals surface area contributed by atoms with Gasteiger partial charge in [-0.15, -0.1) is 0 Å². The van der Waals surface area contributed by atoms with Crippen molar-refractivity contribution in [2.75, 3.05) is 0 Å². The first-order chi connectivity index (χ1) is 10.1. The van der Waals surface area contributed by atoms with E-state index in [0.717, 1.165) is 24.0 Å². The number of isocyanates is 2. The molecule has 0 unspecified atom stereocenters. The van der Waals surface area contributed by atoms with Gasteiger partial charge in [0, 0.05) is 0 Å². The average Bonchev–Trinajstić information content (AvgIpc) is 2.41. The predicted octanol–water partition coefficient (Wildman–Crippen LogP) is 5.61. The van der Waals surface area contributed by atoms with Crippen LogP contribution in [0.5, 0.6) is 0 Å². The summed E-state index contributed by atoms with van der Waals surface area (Å²) >= 11 is 0. The van der Waals surface area contributed by atoms with E-state index in [1.807, 2.05) is 0 Å². The summed E-state index contributed by atoms with van der Waals surface area (Å²) < 4.78 is 0. The Bertz CT molecular complexity index is 218. The van der Waals surface area contributed by atoms with Gasteiger partial charge in [0.05, 0.1) is 0 Å². The van der Waals surface area contributed by atoms with Gasteiger partial charge in [0.2, 0.25) is 12.2 Å². The number of hydrogen-bond donors (Lipinski definition) is 2. The molecule has 0 saturated heterocycles. The maximum absolute atomic E-state index is 8.35. The van der Waals surface area contributed by atoms with E-state index in [9.17, 15) is 0 Å². The normalized spacial score (nSPS) is 9.05. The fourth-order valence-corrected chi connectivity index (χ4v) is 2.86. The van der Waals surface area contributed by atoms with Crippen LogP contribution in [-0.4, -0.2) is 12.2 Å². The molecule has 0 rings (SSSR count). The van der Waals surface area contributed by atoms with Gasteiger partial charge in [-0.1, -0.05) is 79.1 Å². The molecule has 0 aromatic heterocycles. The van der Waals surface area contributed by atoms with Crippen molar-refractivity contribution in [3.05, 3.63) is 0 Å². The van der Waals surface area contributed by atoms with Crippen LogP contribution in [0.3, 0.4) is 0 Å². The Morgan fingerprint density at radius 2 is 0.857 bits per heavy atom. The first-order valence-corrected chi connectivity index (χ1v) is 8.19. The van der Waals surface area contributed by atoms with E-state index in [-0.39, 0.29) is 0 Å². The van der Waals surface area contributed by atoms with Gasteiger partial charge >= 0.3 is 0 Å². The van der Waals surface area contributed by atoms with Gasteiger partial charge in [-0.05, 0) is 18.3 Å². The van der Waals surface area contributed by atoms with Crippen molar-refractivity contribution in [3.63, 3.8) is 0 Å². The smallest absolute Gasteiger partial charge is 0.222 e. The highest BCUT2D eigenvalue weighted by atomic mass is 16.1. The molecule has 0 saturated carbocycles. The van der Waals surface area contributed by atoms with Gasteiger partial charge < -0.3 is 0 Å². The predicted molar refractivity (Wildman–Crippen MR) is 88.1 cm³/mol. The van der Waals surface area contributed by atoms with Crippen molar-refractivity contribution in [2.45, 2.75) is 85.5 Å². The third-order valence-corrected chi connectivity index (χ3v) is 3.45. The highest BCUT2D eigenvalue weighted by Crippen LogP contribution is 2.27. The zero-order valence-electron chi connectivity index (χ0n) is 14.3. The molecule has 4 nitrogen and oxygen atoms in total. The average molecular weight is 298 g/mol. The Morgan fingerprint density at radius 3 is 1.00 bits per heavy atom. The van der Waals surface area contributed by atoms with Crippen molar-refractivity contribution in [3.8, 4) is 0 Å². The van der Waals surface area contributed by atoms with Gasteiger partial charge in [0.15, 0.2) is 0 Å². The van der Waals surface area contributed by atoms with Crippen LogP contribution in [0.25, 0.3) is 0 Å². The Balaban J connectivity index is -0.000000460. The highest BCUT2D eigenvalue weighted by Gasteiger charge is 2.14. The quantitative estimate of drug-likeness (QED) is 0.406. The number of carbonyl (C=O) groups excluding carboxylic acids is 2. The van der Waals surface area contributed by atoms with E-state index < -0.39 is 0 Å². The molecule has 0 amide bonds. The van der Waals surface area contributed by atoms with Crippen LogP contribution < -0.4 is 0 Å². The van der Waals surface area contributed by atoms with Crippen LogP contribution >= 0.6 is 0 Å². The lowest BCUT2D eigenvalue weighted by Gasteiger charge is -2.22. The molecule has 2 N–H and O–H groups in total. The fourth-order valence-electron chi connectivity index (χ4n) is 2.86. The summed E-state index contributed by atoms with van der Waals surface area (Å²) in [6, 6.07) is 0. The van der Waals surface area contributed by atoms with Crippen LogP contribution in [0.15, 0.2) is 0 Å². The minimum absolute atomic E-state index is 0.750. The maximum atomic E-state index is 8.35. The lowest BCUT2D eigenvalue weighted by molar-refractivity contribution is 0.301. The van der Waals surface area contributed by atoms with E-state index in [1.54, 1.807) is 0 Å². The second-order valence-corrected chi connectivity index (χ2v) is 5.33. The molecule has 0 bridgehead atoms. The molecule has 124 valence electrons. The van der Waals surface area contributed by atoms with Crippen LogP contribution in [-0.2, 0) is 9.59 Å². The Morgan fingerprint density at radius 1 is 0.667 bits per heavy atom. The van der Waals surface area contributed by atoms with Crippen LogP contribution in [0.4, 0.5) is 0 Å². The third kappa shape index (κ3) is 24.2. The standard InChI is InChI=1S/C15H32.2CHNO/c1-5-9-14(10-6-2)13-15(11-7-3)12-8-4;2*2-1-3/h14-15H,5-13H2,1-4H3;2*2H. The van der Waals surface area contributed by atoms with E-state index in [4.69, 9.17) is 20.4 Å². The molecule has 0 aliphatic carbocycles. The van der Waals surface area contributed by atoms with Crippen molar-refractivity contribution in [1.82, 2.24) is 0 Å². The van der Waals surface area contributed by atoms with Gasteiger partial charge in [-0.3, -0.25) is 0 Å². The summed E-state index contributed by atoms with van der Waals surface area (Å²) in [5.41, 5.74) is 0. The molecule has 0 radical (unpaired) electrons. The summed E-state index contributed by atoms with van der Waals surface area (Å²) in [5, 5.41) is 10.8. The van der Waals surface area contributed by atoms with Gasteiger partial charge in [-0.25, -0.2) is 20.4 Å². The molecule has 0 aliphatic rings. The Kier molecular flexibility index (Phi) is 28.1. The summed E-state index contributed by atoms with van der Waals surface area (Å²) in [7, 11) is 0. The van der Waals surface area contributed by atoms with Gasteiger partial charge in [-0.2, -0.15) is 0 Å². The Hall–Kier alpha value is -1.24. The maximum Gasteiger partial charge on any atom is 0.231 e. The molecular formula is C17H34N2O2. The zero-order chi connectivity index (χ0) is 16.9. The summed E-state index contributed by atoms with van der Waals surface area (Å²) in [6.45, 7) is 9.32. The van der Waals surface area contributed by atoms with E-state index in [1.165, 1.54) is 57.8 Å². The Labute approximate surface area is 130 Å². The van der Waals surface area contributed by atoms with Crippen LogP contribution in [0.2, 0.25) is 0 Å². The molecular weight excluding hydrogens is 264 g/mol. The minimum Gasteiger partial charge on any atom is -0.222 e. The molecule has 0 heterocycles. The SMILES string of the molecule is CCCC(CCC)CC(CCC)CCC.N=C=O.N=C=O. The van der Waals surface area contributed by atoms with Crippen molar-refractivity contribution in [1.29, 1.82) is 10.8 Å². The molecule has 0 aromatic rings. The molecule has 0 spiro atoms. The van der Waals surface area contributed by atoms with E-state index in [2.05, 4.69) is 27.7 Å². The summed E-state index contributed by atoms with van der Waals surface area (Å²) in [5.74, 6) is 2.03. The van der Waals surface area contributed by atoms with Gasteiger partial charge in [0.1, 0.15) is 0 Å². The monoisotopic (exact) mass is 298 g/mol. The third-order valence-electron chi connectivity index (χ3n) is 3.45. The number of nitrogens with one attached hydrogen (secondary N) is 2. The fraction of sp³-hybridized carbons (Fsp3) is 0.882. The second-order valence-electron chi connectivity index (χ2n) is 5.33. The highest BCUT2D eigenvalue weighted by molar-refractivity contribution is 5.26. The van der Waals surface area contributed by atoms with E-state index in [0.29, 0.717) is 0 Å². The number of hydrogen-bond acceptors (Lipinski definition) is 4. The molecule has 21 heavy (non-hydrogen) atoms. The first-order valence-electron chi connectivity index (χ1n) is 8.19. The molecule has 0 aliphatic heterocycles. The summed E-state index contributed by atoms with van der Waals surface area (Å²) in [4.78, 5) is 16.7. The topological polar surface area (TPSA) is 81.8 Å². The lowest BCUT2D eigenvalue weighted by atomic mass is 9.84.